The highest BCUT2D eigenvalue weighted by atomic mass is 35.5. The highest BCUT2D eigenvalue weighted by molar-refractivity contribution is 6.31. The summed E-state index contributed by atoms with van der Waals surface area (Å²) < 4.78 is 0. The van der Waals surface area contributed by atoms with Crippen molar-refractivity contribution in [3.8, 4) is 11.4 Å². The molecule has 3 aromatic carbocycles. The molecule has 5 nitrogen and oxygen atoms in total. The van der Waals surface area contributed by atoms with Crippen molar-refractivity contribution < 1.29 is 9.90 Å². The molecule has 0 saturated carbocycles. The minimum Gasteiger partial charge on any atom is -0.505 e. The van der Waals surface area contributed by atoms with Gasteiger partial charge in [-0.05, 0) is 48.7 Å². The van der Waals surface area contributed by atoms with Gasteiger partial charge in [-0.25, -0.2) is 0 Å². The van der Waals surface area contributed by atoms with Crippen LogP contribution in [0.15, 0.2) is 60.7 Å². The molecule has 31 heavy (non-hydrogen) atoms. The number of ketones is 1. The normalized spacial score (nSPS) is 11.7. The zero-order chi connectivity index (χ0) is 22.2. The van der Waals surface area contributed by atoms with Crippen LogP contribution in [0.5, 0.6) is 5.75 Å². The number of rotatable bonds is 6. The van der Waals surface area contributed by atoms with Crippen LogP contribution in [0, 0.1) is 0 Å². The van der Waals surface area contributed by atoms with E-state index in [1.54, 1.807) is 25.1 Å². The third-order valence-corrected chi connectivity index (χ3v) is 5.88. The van der Waals surface area contributed by atoms with Gasteiger partial charge in [0.05, 0.1) is 0 Å². The molecule has 4 rings (SSSR count). The smallest absolute Gasteiger partial charge is 0.147 e. The average Bonchev–Trinajstić information content (AvgIpc) is 3.16. The summed E-state index contributed by atoms with van der Waals surface area (Å²) in [6.45, 7) is 5.73. The van der Waals surface area contributed by atoms with Crippen LogP contribution in [0.25, 0.3) is 16.7 Å². The van der Waals surface area contributed by atoms with Gasteiger partial charge in [0.1, 0.15) is 28.3 Å². The maximum atomic E-state index is 11.6. The van der Waals surface area contributed by atoms with E-state index in [0.717, 1.165) is 16.7 Å². The molecule has 4 aromatic rings. The van der Waals surface area contributed by atoms with Gasteiger partial charge in [0.15, 0.2) is 0 Å². The standard InChI is InChI=1S/C25H24ClN3O2/c1-16(30)9-10-17-13-20(25(2,3)18-7-5-4-6-8-18)24(31)23(14-17)29-27-21-12-11-19(26)15-22(21)28-29/h4-8,11-15,31H,9-10H2,1-3H3. The monoisotopic (exact) mass is 433 g/mol. The number of benzene rings is 3. The lowest BCUT2D eigenvalue weighted by atomic mass is 9.76. The number of nitrogens with zero attached hydrogens (tertiary/aromatic N) is 3. The van der Waals surface area contributed by atoms with Crippen LogP contribution in [0.4, 0.5) is 0 Å². The van der Waals surface area contributed by atoms with E-state index < -0.39 is 5.41 Å². The molecule has 0 fully saturated rings. The molecule has 0 saturated heterocycles. The van der Waals surface area contributed by atoms with Crippen molar-refractivity contribution >= 4 is 28.4 Å². The number of carbonyl (C=O) groups excluding carboxylic acids is 1. The van der Waals surface area contributed by atoms with Gasteiger partial charge in [-0.3, -0.25) is 0 Å². The summed E-state index contributed by atoms with van der Waals surface area (Å²) in [6, 6.07) is 19.2. The van der Waals surface area contributed by atoms with Crippen molar-refractivity contribution in [3.05, 3.63) is 82.4 Å². The minimum atomic E-state index is -0.470. The Hall–Kier alpha value is -3.18. The third-order valence-electron chi connectivity index (χ3n) is 5.64. The largest absolute Gasteiger partial charge is 0.505 e. The van der Waals surface area contributed by atoms with Gasteiger partial charge in [0, 0.05) is 22.4 Å². The van der Waals surface area contributed by atoms with Crippen LogP contribution in [-0.4, -0.2) is 25.9 Å². The van der Waals surface area contributed by atoms with E-state index in [9.17, 15) is 9.90 Å². The SMILES string of the molecule is CC(=O)CCc1cc(-n2nc3ccc(Cl)cc3n2)c(O)c(C(C)(C)c2ccccc2)c1. The lowest BCUT2D eigenvalue weighted by molar-refractivity contribution is -0.116. The molecule has 0 amide bonds. The van der Waals surface area contributed by atoms with Crippen LogP contribution in [-0.2, 0) is 16.6 Å². The van der Waals surface area contributed by atoms with E-state index in [0.29, 0.717) is 34.6 Å². The fourth-order valence-electron chi connectivity index (χ4n) is 3.78. The van der Waals surface area contributed by atoms with Gasteiger partial charge < -0.3 is 9.90 Å². The lowest BCUT2D eigenvalue weighted by Gasteiger charge is -2.28. The molecular formula is C25H24ClN3O2. The second-order valence-corrected chi connectivity index (χ2v) is 8.76. The summed E-state index contributed by atoms with van der Waals surface area (Å²) in [5.41, 5.74) is 4.11. The molecule has 0 atom stereocenters. The Kier molecular flexibility index (Phi) is 5.54. The minimum absolute atomic E-state index is 0.117. The van der Waals surface area contributed by atoms with Crippen LogP contribution < -0.4 is 0 Å². The van der Waals surface area contributed by atoms with Crippen LogP contribution in [0.3, 0.4) is 0 Å². The summed E-state index contributed by atoms with van der Waals surface area (Å²) in [5, 5.41) is 21.0. The van der Waals surface area contributed by atoms with Gasteiger partial charge in [-0.2, -0.15) is 0 Å². The summed E-state index contributed by atoms with van der Waals surface area (Å²) in [6.07, 6.45) is 1.01. The van der Waals surface area contributed by atoms with Crippen molar-refractivity contribution in [1.29, 1.82) is 0 Å². The van der Waals surface area contributed by atoms with E-state index in [4.69, 9.17) is 11.6 Å². The van der Waals surface area contributed by atoms with Crippen LogP contribution in [0.1, 0.15) is 43.9 Å². The van der Waals surface area contributed by atoms with Crippen molar-refractivity contribution in [1.82, 2.24) is 15.0 Å². The van der Waals surface area contributed by atoms with Crippen molar-refractivity contribution in [2.45, 2.75) is 39.0 Å². The van der Waals surface area contributed by atoms with Crippen LogP contribution in [0.2, 0.25) is 5.02 Å². The topological polar surface area (TPSA) is 68.0 Å². The van der Waals surface area contributed by atoms with Gasteiger partial charge >= 0.3 is 0 Å². The second kappa shape index (κ2) is 8.16. The molecule has 0 aliphatic heterocycles. The van der Waals surface area contributed by atoms with Crippen molar-refractivity contribution in [2.24, 2.45) is 0 Å². The number of aromatic nitrogens is 3. The average molecular weight is 434 g/mol. The Morgan fingerprint density at radius 1 is 1.03 bits per heavy atom. The van der Waals surface area contributed by atoms with Crippen LogP contribution >= 0.6 is 11.6 Å². The first kappa shape index (κ1) is 21.1. The zero-order valence-corrected chi connectivity index (χ0v) is 18.5. The zero-order valence-electron chi connectivity index (χ0n) is 17.8. The van der Waals surface area contributed by atoms with Gasteiger partial charge in [0.25, 0.3) is 0 Å². The molecule has 0 aliphatic carbocycles. The fraction of sp³-hybridized carbons (Fsp3) is 0.240. The molecular weight excluding hydrogens is 410 g/mol. The second-order valence-electron chi connectivity index (χ2n) is 8.33. The molecule has 1 heterocycles. The quantitative estimate of drug-likeness (QED) is 0.428. The number of fused-ring (bicyclic) bond motifs is 1. The Morgan fingerprint density at radius 3 is 2.45 bits per heavy atom. The highest BCUT2D eigenvalue weighted by Gasteiger charge is 2.29. The Bertz CT molecular complexity index is 1260. The van der Waals surface area contributed by atoms with E-state index >= 15 is 0 Å². The van der Waals surface area contributed by atoms with Gasteiger partial charge in [-0.1, -0.05) is 61.8 Å². The molecule has 0 spiro atoms. The molecule has 1 N–H and O–H groups in total. The van der Waals surface area contributed by atoms with Gasteiger partial charge in [-0.15, -0.1) is 15.0 Å². The predicted molar refractivity (Wildman–Crippen MR) is 123 cm³/mol. The number of hydrogen-bond acceptors (Lipinski definition) is 4. The Balaban J connectivity index is 1.90. The van der Waals surface area contributed by atoms with E-state index in [-0.39, 0.29) is 11.5 Å². The molecule has 158 valence electrons. The van der Waals surface area contributed by atoms with Crippen molar-refractivity contribution in [3.63, 3.8) is 0 Å². The number of aryl methyl sites for hydroxylation is 1. The summed E-state index contributed by atoms with van der Waals surface area (Å²) >= 11 is 6.10. The number of hydrogen-bond donors (Lipinski definition) is 1. The summed E-state index contributed by atoms with van der Waals surface area (Å²) in [4.78, 5) is 13.0. The number of aromatic hydroxyl groups is 1. The first-order valence-corrected chi connectivity index (χ1v) is 10.6. The molecule has 1 aromatic heterocycles. The summed E-state index contributed by atoms with van der Waals surface area (Å²) in [7, 11) is 0. The fourth-order valence-corrected chi connectivity index (χ4v) is 3.94. The van der Waals surface area contributed by atoms with Gasteiger partial charge in [0.2, 0.25) is 0 Å². The Labute approximate surface area is 186 Å². The van der Waals surface area contributed by atoms with E-state index in [1.165, 1.54) is 4.80 Å². The number of Topliss-reactive ketones (excluding diaryl/α,β-unsaturated/α-hetero) is 1. The number of carbonyl (C=O) groups is 1. The third kappa shape index (κ3) is 4.19. The predicted octanol–water partition coefficient (Wildman–Crippen LogP) is 5.63. The van der Waals surface area contributed by atoms with Crippen molar-refractivity contribution in [2.75, 3.05) is 0 Å². The summed E-state index contributed by atoms with van der Waals surface area (Å²) in [5.74, 6) is 0.239. The molecule has 0 radical (unpaired) electrons. The molecule has 0 unspecified atom stereocenters. The highest BCUT2D eigenvalue weighted by Crippen LogP contribution is 2.40. The molecule has 0 aliphatic rings. The number of phenolic OH excluding ortho intramolecular Hbond substituents is 1. The van der Waals surface area contributed by atoms with E-state index in [2.05, 4.69) is 24.0 Å². The number of halogens is 1. The number of phenols is 1. The molecule has 0 bridgehead atoms. The first-order chi connectivity index (χ1) is 14.8. The maximum Gasteiger partial charge on any atom is 0.147 e. The lowest BCUT2D eigenvalue weighted by Crippen LogP contribution is -2.20. The first-order valence-electron chi connectivity index (χ1n) is 10.2. The Morgan fingerprint density at radius 2 is 1.74 bits per heavy atom. The molecule has 6 heteroatoms. The maximum absolute atomic E-state index is 11.6. The van der Waals surface area contributed by atoms with E-state index in [1.807, 2.05) is 42.5 Å².